The summed E-state index contributed by atoms with van der Waals surface area (Å²) in [5.74, 6) is 0.989. The molecule has 6 heteroatoms. The van der Waals surface area contributed by atoms with Crippen molar-refractivity contribution in [3.8, 4) is 11.3 Å². The molecule has 3 atom stereocenters. The standard InChI is InChI=1S/C24H26N4O.ClH/c1-16-8-6-7-11-19(16)23-20-14-25-13-18(20)15-28(23)24(29)21-12-22(27(2)26-21)17-9-4-3-5-10-17;/h3-12,18,20,23,25H,13-15H2,1-2H3;1H/t18-,20-,23+;/m0./s1. The average molecular weight is 423 g/mol. The van der Waals surface area contributed by atoms with Crippen LogP contribution in [0.25, 0.3) is 11.3 Å². The van der Waals surface area contributed by atoms with Crippen molar-refractivity contribution in [2.24, 2.45) is 18.9 Å². The van der Waals surface area contributed by atoms with E-state index in [9.17, 15) is 4.79 Å². The van der Waals surface area contributed by atoms with Gasteiger partial charge in [-0.1, -0.05) is 54.6 Å². The summed E-state index contributed by atoms with van der Waals surface area (Å²) in [6, 6.07) is 20.6. The van der Waals surface area contributed by atoms with Gasteiger partial charge in [-0.3, -0.25) is 9.48 Å². The van der Waals surface area contributed by atoms with Crippen molar-refractivity contribution in [3.63, 3.8) is 0 Å². The van der Waals surface area contributed by atoms with Gasteiger partial charge in [0.2, 0.25) is 0 Å². The van der Waals surface area contributed by atoms with Crippen molar-refractivity contribution in [2.45, 2.75) is 13.0 Å². The van der Waals surface area contributed by atoms with Crippen LogP contribution in [-0.4, -0.2) is 40.2 Å². The Balaban J connectivity index is 0.00000218. The van der Waals surface area contributed by atoms with Crippen LogP contribution in [0.3, 0.4) is 0 Å². The number of rotatable bonds is 3. The molecule has 2 saturated heterocycles. The summed E-state index contributed by atoms with van der Waals surface area (Å²) in [5.41, 5.74) is 5.06. The highest BCUT2D eigenvalue weighted by Gasteiger charge is 2.47. The molecule has 0 spiro atoms. The third-order valence-electron chi connectivity index (χ3n) is 6.50. The molecule has 1 amide bonds. The van der Waals surface area contributed by atoms with Gasteiger partial charge in [-0.05, 0) is 35.6 Å². The molecule has 0 unspecified atom stereocenters. The summed E-state index contributed by atoms with van der Waals surface area (Å²) in [7, 11) is 1.90. The summed E-state index contributed by atoms with van der Waals surface area (Å²) in [5, 5.41) is 8.11. The molecule has 2 aliphatic rings. The van der Waals surface area contributed by atoms with Gasteiger partial charge >= 0.3 is 0 Å². The topological polar surface area (TPSA) is 50.2 Å². The third kappa shape index (κ3) is 3.42. The quantitative estimate of drug-likeness (QED) is 0.697. The second kappa shape index (κ2) is 8.25. The number of benzene rings is 2. The van der Waals surface area contributed by atoms with Crippen molar-refractivity contribution < 1.29 is 4.79 Å². The van der Waals surface area contributed by atoms with Crippen LogP contribution in [0.1, 0.15) is 27.7 Å². The molecular formula is C24H27ClN4O. The molecule has 0 bridgehead atoms. The Bertz CT molecular complexity index is 1050. The highest BCUT2D eigenvalue weighted by Crippen LogP contribution is 2.44. The number of aryl methyl sites for hydroxylation is 2. The van der Waals surface area contributed by atoms with Crippen molar-refractivity contribution in [1.29, 1.82) is 0 Å². The SMILES string of the molecule is Cc1ccccc1[C@@H]1[C@H]2CNC[C@H]2CN1C(=O)c1cc(-c2ccccc2)n(C)n1.Cl. The molecule has 3 heterocycles. The van der Waals surface area contributed by atoms with E-state index in [1.807, 2.05) is 48.1 Å². The molecule has 5 nitrogen and oxygen atoms in total. The lowest BCUT2D eigenvalue weighted by Crippen LogP contribution is -2.35. The highest BCUT2D eigenvalue weighted by atomic mass is 35.5. The second-order valence-corrected chi connectivity index (χ2v) is 8.25. The summed E-state index contributed by atoms with van der Waals surface area (Å²) in [6.07, 6.45) is 0. The Morgan fingerprint density at radius 2 is 1.80 bits per heavy atom. The van der Waals surface area contributed by atoms with E-state index < -0.39 is 0 Å². The van der Waals surface area contributed by atoms with Gasteiger partial charge in [0.15, 0.2) is 5.69 Å². The second-order valence-electron chi connectivity index (χ2n) is 8.25. The van der Waals surface area contributed by atoms with E-state index in [1.165, 1.54) is 11.1 Å². The van der Waals surface area contributed by atoms with Gasteiger partial charge in [-0.2, -0.15) is 5.10 Å². The number of hydrogen-bond acceptors (Lipinski definition) is 3. The van der Waals surface area contributed by atoms with E-state index >= 15 is 0 Å². The van der Waals surface area contributed by atoms with Crippen molar-refractivity contribution in [1.82, 2.24) is 20.0 Å². The predicted molar refractivity (Wildman–Crippen MR) is 121 cm³/mol. The molecule has 156 valence electrons. The van der Waals surface area contributed by atoms with Gasteiger partial charge in [-0.15, -0.1) is 12.4 Å². The molecule has 5 rings (SSSR count). The first-order valence-corrected chi connectivity index (χ1v) is 10.3. The first-order valence-electron chi connectivity index (χ1n) is 10.3. The van der Waals surface area contributed by atoms with Crippen molar-refractivity contribution in [2.75, 3.05) is 19.6 Å². The molecule has 3 aromatic rings. The number of likely N-dealkylation sites (tertiary alicyclic amines) is 1. The lowest BCUT2D eigenvalue weighted by molar-refractivity contribution is 0.0707. The number of nitrogens with one attached hydrogen (secondary N) is 1. The van der Waals surface area contributed by atoms with E-state index in [0.717, 1.165) is 30.9 Å². The van der Waals surface area contributed by atoms with Gasteiger partial charge in [0.05, 0.1) is 11.7 Å². The van der Waals surface area contributed by atoms with Crippen LogP contribution < -0.4 is 5.32 Å². The Kier molecular flexibility index (Phi) is 5.67. The van der Waals surface area contributed by atoms with Crippen LogP contribution in [-0.2, 0) is 7.05 Å². The Labute approximate surface area is 183 Å². The van der Waals surface area contributed by atoms with E-state index in [0.29, 0.717) is 17.5 Å². The van der Waals surface area contributed by atoms with Gasteiger partial charge in [0.1, 0.15) is 0 Å². The van der Waals surface area contributed by atoms with Crippen molar-refractivity contribution >= 4 is 18.3 Å². The van der Waals surface area contributed by atoms with E-state index in [4.69, 9.17) is 0 Å². The number of nitrogens with zero attached hydrogens (tertiary/aromatic N) is 3. The van der Waals surface area contributed by atoms with Crippen LogP contribution >= 0.6 is 12.4 Å². The lowest BCUT2D eigenvalue weighted by atomic mass is 9.87. The summed E-state index contributed by atoms with van der Waals surface area (Å²) in [4.78, 5) is 15.7. The van der Waals surface area contributed by atoms with Crippen LogP contribution in [0, 0.1) is 18.8 Å². The minimum atomic E-state index is 0. The molecule has 30 heavy (non-hydrogen) atoms. The smallest absolute Gasteiger partial charge is 0.274 e. The lowest BCUT2D eigenvalue weighted by Gasteiger charge is -2.29. The number of carbonyl (C=O) groups is 1. The average Bonchev–Trinajstić information content (AvgIpc) is 3.43. The molecule has 2 fully saturated rings. The molecule has 0 radical (unpaired) electrons. The largest absolute Gasteiger partial charge is 0.330 e. The number of fused-ring (bicyclic) bond motifs is 1. The molecule has 2 aliphatic heterocycles. The minimum Gasteiger partial charge on any atom is -0.330 e. The Morgan fingerprint density at radius 1 is 1.07 bits per heavy atom. The van der Waals surface area contributed by atoms with Crippen LogP contribution in [0.15, 0.2) is 60.7 Å². The molecule has 1 N–H and O–H groups in total. The molecule has 0 aliphatic carbocycles. The minimum absolute atomic E-state index is 0. The van der Waals surface area contributed by atoms with E-state index in [1.54, 1.807) is 0 Å². The van der Waals surface area contributed by atoms with Crippen LogP contribution in [0.2, 0.25) is 0 Å². The van der Waals surface area contributed by atoms with Gasteiger partial charge in [0.25, 0.3) is 5.91 Å². The molecule has 0 saturated carbocycles. The van der Waals surface area contributed by atoms with Crippen LogP contribution in [0.5, 0.6) is 0 Å². The number of hydrogen-bond donors (Lipinski definition) is 1. The van der Waals surface area contributed by atoms with Gasteiger partial charge in [0, 0.05) is 32.6 Å². The van der Waals surface area contributed by atoms with Gasteiger partial charge < -0.3 is 10.2 Å². The number of aromatic nitrogens is 2. The maximum absolute atomic E-state index is 13.6. The van der Waals surface area contributed by atoms with E-state index in [2.05, 4.69) is 46.5 Å². The molecule has 1 aromatic heterocycles. The van der Waals surface area contributed by atoms with Crippen molar-refractivity contribution in [3.05, 3.63) is 77.5 Å². The summed E-state index contributed by atoms with van der Waals surface area (Å²) < 4.78 is 1.81. The highest BCUT2D eigenvalue weighted by molar-refractivity contribution is 5.94. The fourth-order valence-corrected chi connectivity index (χ4v) is 5.04. The zero-order chi connectivity index (χ0) is 20.0. The predicted octanol–water partition coefficient (Wildman–Crippen LogP) is 3.85. The third-order valence-corrected chi connectivity index (χ3v) is 6.50. The monoisotopic (exact) mass is 422 g/mol. The fraction of sp³-hybridized carbons (Fsp3) is 0.333. The number of carbonyl (C=O) groups excluding carboxylic acids is 1. The maximum Gasteiger partial charge on any atom is 0.274 e. The summed E-state index contributed by atoms with van der Waals surface area (Å²) >= 11 is 0. The Morgan fingerprint density at radius 3 is 2.57 bits per heavy atom. The first kappa shape index (κ1) is 20.6. The first-order chi connectivity index (χ1) is 14.1. The fourth-order valence-electron chi connectivity index (χ4n) is 5.04. The number of halogens is 1. The molecular weight excluding hydrogens is 396 g/mol. The summed E-state index contributed by atoms with van der Waals surface area (Å²) in [6.45, 7) is 4.87. The normalized spacial score (nSPS) is 22.6. The van der Waals surface area contributed by atoms with Crippen LogP contribution in [0.4, 0.5) is 0 Å². The Hall–Kier alpha value is -2.63. The molecule has 2 aromatic carbocycles. The van der Waals surface area contributed by atoms with Gasteiger partial charge in [-0.25, -0.2) is 0 Å². The zero-order valence-electron chi connectivity index (χ0n) is 17.3. The van der Waals surface area contributed by atoms with E-state index in [-0.39, 0.29) is 24.4 Å². The number of amides is 1. The zero-order valence-corrected chi connectivity index (χ0v) is 18.1. The maximum atomic E-state index is 13.6.